The van der Waals surface area contributed by atoms with E-state index in [1.807, 2.05) is 251 Å². The summed E-state index contributed by atoms with van der Waals surface area (Å²) in [6.07, 6.45) is 0.170. The zero-order valence-corrected chi connectivity index (χ0v) is 57.0. The molecule has 498 valence electrons. The van der Waals surface area contributed by atoms with Crippen molar-refractivity contribution in [2.24, 2.45) is 11.7 Å². The molecule has 0 bridgehead atoms. The van der Waals surface area contributed by atoms with Gasteiger partial charge < -0.3 is 41.8 Å². The van der Waals surface area contributed by atoms with Crippen LogP contribution in [0.1, 0.15) is 111 Å². The number of hydrogen-bond donors (Lipinski definition) is 6. The van der Waals surface area contributed by atoms with Crippen LogP contribution < -0.4 is 32.3 Å². The quantitative estimate of drug-likeness (QED) is 0.0136. The van der Waals surface area contributed by atoms with Crippen molar-refractivity contribution in [3.8, 4) is 11.1 Å². The molecule has 0 unspecified atom stereocenters. The molecule has 7 N–H and O–H groups in total. The molecule has 5 amide bonds. The van der Waals surface area contributed by atoms with E-state index in [0.717, 1.165) is 38.9 Å². The summed E-state index contributed by atoms with van der Waals surface area (Å²) in [6, 6.07) is 66.5. The summed E-state index contributed by atoms with van der Waals surface area (Å²) in [5, 5.41) is 14.6. The molecular formula is C79H86N6O9S2. The van der Waals surface area contributed by atoms with E-state index in [9.17, 15) is 19.2 Å². The Morgan fingerprint density at radius 1 is 0.500 bits per heavy atom. The van der Waals surface area contributed by atoms with E-state index in [0.29, 0.717) is 22.4 Å². The Morgan fingerprint density at radius 3 is 1.34 bits per heavy atom. The number of carbonyl (C=O) groups excluding carboxylic acids is 7. The van der Waals surface area contributed by atoms with Crippen molar-refractivity contribution < 1.29 is 43.0 Å². The van der Waals surface area contributed by atoms with Crippen LogP contribution in [-0.4, -0.2) is 108 Å². The maximum absolute atomic E-state index is 15.5. The molecule has 6 atom stereocenters. The lowest BCUT2D eigenvalue weighted by Gasteiger charge is -2.37. The number of Topliss-reactive ketones (excluding diaryl/α,β-unsaturated/α-hetero) is 1. The van der Waals surface area contributed by atoms with Gasteiger partial charge >= 0.3 is 5.97 Å². The third-order valence-corrected chi connectivity index (χ3v) is 19.4. The number of fused-ring (bicyclic) bond motifs is 3. The average molecular weight is 1330 g/mol. The number of ether oxygens (including phenoxy) is 2. The Bertz CT molecular complexity index is 3680. The lowest BCUT2D eigenvalue weighted by Crippen LogP contribution is -2.62. The molecule has 8 aromatic rings. The second-order valence-corrected chi connectivity index (χ2v) is 27.7. The first-order valence-electron chi connectivity index (χ1n) is 32.5. The van der Waals surface area contributed by atoms with E-state index in [2.05, 4.69) is 26.6 Å². The van der Waals surface area contributed by atoms with E-state index in [1.165, 1.54) is 23.5 Å². The lowest BCUT2D eigenvalue weighted by molar-refractivity contribution is -0.155. The van der Waals surface area contributed by atoms with Crippen LogP contribution in [0.25, 0.3) is 11.1 Å². The zero-order valence-electron chi connectivity index (χ0n) is 55.4. The monoisotopic (exact) mass is 1330 g/mol. The molecule has 0 fully saturated rings. The number of benzene rings is 8. The Kier molecular flexibility index (Phi) is 24.5. The molecule has 96 heavy (non-hydrogen) atoms. The van der Waals surface area contributed by atoms with Crippen molar-refractivity contribution in [1.82, 2.24) is 26.6 Å². The number of amides is 5. The molecule has 0 radical (unpaired) electrons. The molecule has 17 heteroatoms. The number of ketones is 1. The minimum atomic E-state index is -1.73. The summed E-state index contributed by atoms with van der Waals surface area (Å²) in [6.45, 7) is 10.6. The summed E-state index contributed by atoms with van der Waals surface area (Å²) in [5.41, 5.74) is 13.6. The van der Waals surface area contributed by atoms with Crippen LogP contribution in [0.4, 0.5) is 0 Å². The van der Waals surface area contributed by atoms with Gasteiger partial charge in [0.2, 0.25) is 29.5 Å². The molecular weight excluding hydrogens is 1240 g/mol. The van der Waals surface area contributed by atoms with Gasteiger partial charge in [-0.05, 0) is 114 Å². The fraction of sp³-hybridized carbons (Fsp3) is 0.304. The Morgan fingerprint density at radius 2 is 0.906 bits per heavy atom. The van der Waals surface area contributed by atoms with E-state index < -0.39 is 99.9 Å². The van der Waals surface area contributed by atoms with Gasteiger partial charge in [0.15, 0.2) is 0 Å². The summed E-state index contributed by atoms with van der Waals surface area (Å²) in [7, 11) is 0. The molecule has 0 spiro atoms. The first-order valence-corrected chi connectivity index (χ1v) is 34.9. The van der Waals surface area contributed by atoms with Gasteiger partial charge in [-0.1, -0.05) is 244 Å². The van der Waals surface area contributed by atoms with E-state index in [1.54, 1.807) is 27.7 Å². The van der Waals surface area contributed by atoms with Crippen molar-refractivity contribution in [3.63, 3.8) is 0 Å². The van der Waals surface area contributed by atoms with Crippen molar-refractivity contribution in [2.75, 3.05) is 24.4 Å². The minimum Gasteiger partial charge on any atom is -0.459 e. The Labute approximate surface area is 572 Å². The van der Waals surface area contributed by atoms with Crippen LogP contribution in [0, 0.1) is 5.92 Å². The zero-order chi connectivity index (χ0) is 68.4. The topological polar surface area (TPSA) is 224 Å². The van der Waals surface area contributed by atoms with Gasteiger partial charge in [0.1, 0.15) is 30.3 Å². The number of hydrogen-bond acceptors (Lipinski definition) is 12. The van der Waals surface area contributed by atoms with Gasteiger partial charge in [-0.15, -0.1) is 11.8 Å². The standard InChI is InChI=1S/C79H86N6O9S2/c1-52(2)48-67(71(87)76(92)93-50-64-62-44-28-26-42-60(62)61-43-27-29-45-63(61)64)82-73(89)66(46-47-95-7)81-74(90)68(49-69(86)85-78(54-30-14-8-15-31-54,55-32-16-9-17-33-55)56-34-18-10-19-35-56)83-75(91)70(53(3)94-77(4,5)6)84-72(88)65(80)51-96-79(57-36-20-11-21-37-57,58-38-22-12-23-39-58)59-40-24-13-25-41-59/h8-45,52-53,64-68,70H,46-51,80H2,1-7H3,(H,81,90)(H,82,89)(H,83,91)(H,84,88)(H,85,86)/t53-,65+,66+,67+,68+,70+/m1/s1. The predicted molar refractivity (Wildman–Crippen MR) is 382 cm³/mol. The Hall–Kier alpha value is -9.13. The van der Waals surface area contributed by atoms with Gasteiger partial charge in [0, 0.05) is 11.7 Å². The third kappa shape index (κ3) is 17.3. The van der Waals surface area contributed by atoms with E-state index in [-0.39, 0.29) is 37.0 Å². The summed E-state index contributed by atoms with van der Waals surface area (Å²) < 4.78 is 11.4. The first-order chi connectivity index (χ1) is 46.2. The lowest BCUT2D eigenvalue weighted by atomic mass is 9.77. The van der Waals surface area contributed by atoms with Crippen LogP contribution in [0.15, 0.2) is 231 Å². The van der Waals surface area contributed by atoms with E-state index >= 15 is 14.4 Å². The number of carbonyl (C=O) groups is 7. The highest BCUT2D eigenvalue weighted by Gasteiger charge is 2.43. The highest BCUT2D eigenvalue weighted by Crippen LogP contribution is 2.49. The van der Waals surface area contributed by atoms with Crippen LogP contribution >= 0.6 is 23.5 Å². The molecule has 0 aliphatic heterocycles. The fourth-order valence-corrected chi connectivity index (χ4v) is 14.6. The van der Waals surface area contributed by atoms with Crippen LogP contribution in [0.2, 0.25) is 0 Å². The predicted octanol–water partition coefficient (Wildman–Crippen LogP) is 11.4. The highest BCUT2D eigenvalue weighted by atomic mass is 32.2. The molecule has 1 aliphatic carbocycles. The van der Waals surface area contributed by atoms with Crippen molar-refractivity contribution in [2.45, 2.75) is 119 Å². The van der Waals surface area contributed by atoms with Gasteiger partial charge in [-0.3, -0.25) is 28.8 Å². The number of nitrogens with two attached hydrogens (primary N) is 1. The smallest absolute Gasteiger partial charge is 0.376 e. The fourth-order valence-electron chi connectivity index (χ4n) is 12.6. The van der Waals surface area contributed by atoms with Gasteiger partial charge in [0.05, 0.1) is 35.0 Å². The molecule has 0 saturated carbocycles. The number of nitrogens with one attached hydrogen (secondary N) is 5. The molecule has 0 saturated heterocycles. The second kappa shape index (κ2) is 33.0. The minimum absolute atomic E-state index is 0.0312. The average Bonchev–Trinajstić information content (AvgIpc) is 1.02. The number of esters is 1. The maximum atomic E-state index is 15.5. The molecule has 1 aliphatic rings. The SMILES string of the molecule is CSCC[C@H](NC(=O)[C@H](CC(=O)NC(c1ccccc1)(c1ccccc1)c1ccccc1)NC(=O)[C@@H](NC(=O)[C@@H](N)CSC(c1ccccc1)(c1ccccc1)c1ccccc1)[C@@H](C)OC(C)(C)C)C(=O)N[C@@H](CC(C)C)C(=O)C(=O)OCC1c2ccccc2-c2ccccc21. The molecule has 8 aromatic carbocycles. The van der Waals surface area contributed by atoms with Crippen molar-refractivity contribution in [1.29, 1.82) is 0 Å². The largest absolute Gasteiger partial charge is 0.459 e. The second-order valence-electron chi connectivity index (χ2n) is 25.5. The van der Waals surface area contributed by atoms with Crippen LogP contribution in [0.3, 0.4) is 0 Å². The molecule has 0 aromatic heterocycles. The van der Waals surface area contributed by atoms with Gasteiger partial charge in [-0.2, -0.15) is 11.8 Å². The van der Waals surface area contributed by atoms with Crippen LogP contribution in [0.5, 0.6) is 0 Å². The van der Waals surface area contributed by atoms with Crippen molar-refractivity contribution in [3.05, 3.63) is 275 Å². The maximum Gasteiger partial charge on any atom is 0.376 e. The number of thioether (sulfide) groups is 2. The van der Waals surface area contributed by atoms with Crippen LogP contribution in [-0.2, 0) is 53.3 Å². The highest BCUT2D eigenvalue weighted by molar-refractivity contribution is 8.00. The molecule has 15 nitrogen and oxygen atoms in total. The normalized spacial score (nSPS) is 14.1. The van der Waals surface area contributed by atoms with Crippen molar-refractivity contribution >= 4 is 64.8 Å². The first kappa shape index (κ1) is 71.2. The summed E-state index contributed by atoms with van der Waals surface area (Å²) in [5.74, 6) is -6.17. The van der Waals surface area contributed by atoms with E-state index in [4.69, 9.17) is 15.2 Å². The summed E-state index contributed by atoms with van der Waals surface area (Å²) >= 11 is 2.88. The molecule has 0 heterocycles. The summed E-state index contributed by atoms with van der Waals surface area (Å²) in [4.78, 5) is 104. The third-order valence-electron chi connectivity index (χ3n) is 17.0. The van der Waals surface area contributed by atoms with Gasteiger partial charge in [0.25, 0.3) is 5.78 Å². The van der Waals surface area contributed by atoms with Gasteiger partial charge in [-0.25, -0.2) is 4.79 Å². The molecule has 9 rings (SSSR count). The number of rotatable bonds is 31. The Balaban J connectivity index is 1.02.